The molecular formula is C14H22N2O. The molecule has 1 N–H and O–H groups in total. The van der Waals surface area contributed by atoms with Gasteiger partial charge in [-0.25, -0.2) is 0 Å². The predicted octanol–water partition coefficient (Wildman–Crippen LogP) is 2.61. The third-order valence-corrected chi connectivity index (χ3v) is 3.32. The van der Waals surface area contributed by atoms with E-state index in [9.17, 15) is 0 Å². The van der Waals surface area contributed by atoms with Crippen molar-refractivity contribution in [1.29, 1.82) is 0 Å². The molecule has 1 saturated heterocycles. The molecule has 94 valence electrons. The minimum absolute atomic E-state index is 0.275. The van der Waals surface area contributed by atoms with Crippen LogP contribution in [0.3, 0.4) is 0 Å². The number of hydrogen-bond donors (Lipinski definition) is 1. The van der Waals surface area contributed by atoms with Crippen LogP contribution >= 0.6 is 0 Å². The van der Waals surface area contributed by atoms with Crippen molar-refractivity contribution in [2.24, 2.45) is 0 Å². The minimum atomic E-state index is 0.275. The van der Waals surface area contributed by atoms with Gasteiger partial charge in [0.2, 0.25) is 0 Å². The lowest BCUT2D eigenvalue weighted by molar-refractivity contribution is 0.0319. The average Bonchev–Trinajstić information content (AvgIpc) is 2.72. The van der Waals surface area contributed by atoms with Crippen LogP contribution in [-0.4, -0.2) is 23.7 Å². The first-order valence-corrected chi connectivity index (χ1v) is 6.51. The molecule has 1 fully saturated rings. The number of rotatable bonds is 4. The Labute approximate surface area is 104 Å². The van der Waals surface area contributed by atoms with Gasteiger partial charge >= 0.3 is 0 Å². The summed E-state index contributed by atoms with van der Waals surface area (Å²) >= 11 is 0. The maximum atomic E-state index is 5.98. The van der Waals surface area contributed by atoms with Gasteiger partial charge in [0.15, 0.2) is 0 Å². The van der Waals surface area contributed by atoms with Crippen LogP contribution in [0, 0.1) is 6.92 Å². The van der Waals surface area contributed by atoms with E-state index >= 15 is 0 Å². The SMILES string of the molecule is CCNC(c1cncc(C)c1)C1CCC(C)O1. The topological polar surface area (TPSA) is 34.2 Å². The van der Waals surface area contributed by atoms with Crippen LogP contribution in [0.2, 0.25) is 0 Å². The van der Waals surface area contributed by atoms with Gasteiger partial charge < -0.3 is 10.1 Å². The fourth-order valence-electron chi connectivity index (χ4n) is 2.51. The summed E-state index contributed by atoms with van der Waals surface area (Å²) in [6, 6.07) is 2.48. The molecule has 3 nitrogen and oxygen atoms in total. The molecule has 0 amide bonds. The Kier molecular flexibility index (Phi) is 4.13. The molecule has 17 heavy (non-hydrogen) atoms. The van der Waals surface area contributed by atoms with E-state index in [1.165, 1.54) is 11.1 Å². The number of hydrogen-bond acceptors (Lipinski definition) is 3. The lowest BCUT2D eigenvalue weighted by Gasteiger charge is -2.24. The van der Waals surface area contributed by atoms with E-state index in [4.69, 9.17) is 4.74 Å². The Morgan fingerprint density at radius 2 is 2.29 bits per heavy atom. The standard InChI is InChI=1S/C14H22N2O/c1-4-16-14(13-6-5-11(3)17-13)12-7-10(2)8-15-9-12/h7-9,11,13-14,16H,4-6H2,1-3H3. The number of nitrogens with zero attached hydrogens (tertiary/aromatic N) is 1. The van der Waals surface area contributed by atoms with Crippen LogP contribution in [0.1, 0.15) is 43.9 Å². The Hall–Kier alpha value is -0.930. The zero-order valence-corrected chi connectivity index (χ0v) is 10.9. The van der Waals surface area contributed by atoms with Crippen molar-refractivity contribution in [2.75, 3.05) is 6.54 Å². The number of aromatic nitrogens is 1. The molecular weight excluding hydrogens is 212 g/mol. The van der Waals surface area contributed by atoms with E-state index in [2.05, 4.69) is 37.1 Å². The Morgan fingerprint density at radius 1 is 1.47 bits per heavy atom. The molecule has 1 aromatic heterocycles. The molecule has 2 heterocycles. The van der Waals surface area contributed by atoms with Crippen molar-refractivity contribution < 1.29 is 4.74 Å². The average molecular weight is 234 g/mol. The predicted molar refractivity (Wildman–Crippen MR) is 69.0 cm³/mol. The summed E-state index contributed by atoms with van der Waals surface area (Å²) in [7, 11) is 0. The van der Waals surface area contributed by atoms with E-state index < -0.39 is 0 Å². The smallest absolute Gasteiger partial charge is 0.0774 e. The van der Waals surface area contributed by atoms with E-state index in [1.54, 1.807) is 0 Å². The first-order chi connectivity index (χ1) is 8.20. The summed E-state index contributed by atoms with van der Waals surface area (Å²) in [5, 5.41) is 3.52. The summed E-state index contributed by atoms with van der Waals surface area (Å²) < 4.78 is 5.98. The maximum absolute atomic E-state index is 5.98. The molecule has 0 bridgehead atoms. The van der Waals surface area contributed by atoms with E-state index in [0.717, 1.165) is 19.4 Å². The van der Waals surface area contributed by atoms with Crippen LogP contribution in [0.15, 0.2) is 18.5 Å². The fourth-order valence-corrected chi connectivity index (χ4v) is 2.51. The number of likely N-dealkylation sites (N-methyl/N-ethyl adjacent to an activating group) is 1. The third kappa shape index (κ3) is 3.05. The maximum Gasteiger partial charge on any atom is 0.0774 e. The highest BCUT2D eigenvalue weighted by Crippen LogP contribution is 2.30. The Morgan fingerprint density at radius 3 is 2.88 bits per heavy atom. The van der Waals surface area contributed by atoms with Crippen LogP contribution in [0.25, 0.3) is 0 Å². The first kappa shape index (κ1) is 12.5. The minimum Gasteiger partial charge on any atom is -0.373 e. The Balaban J connectivity index is 2.16. The lowest BCUT2D eigenvalue weighted by Crippen LogP contribution is -2.32. The van der Waals surface area contributed by atoms with Crippen LogP contribution in [0.5, 0.6) is 0 Å². The van der Waals surface area contributed by atoms with E-state index in [-0.39, 0.29) is 12.1 Å². The molecule has 1 aliphatic rings. The number of nitrogens with one attached hydrogen (secondary N) is 1. The van der Waals surface area contributed by atoms with Crippen molar-refractivity contribution in [3.8, 4) is 0 Å². The summed E-state index contributed by atoms with van der Waals surface area (Å²) in [5.74, 6) is 0. The normalized spacial score (nSPS) is 26.1. The van der Waals surface area contributed by atoms with Crippen molar-refractivity contribution >= 4 is 0 Å². The molecule has 3 atom stereocenters. The second kappa shape index (κ2) is 5.61. The van der Waals surface area contributed by atoms with Gasteiger partial charge in [-0.15, -0.1) is 0 Å². The highest BCUT2D eigenvalue weighted by Gasteiger charge is 2.30. The quantitative estimate of drug-likeness (QED) is 0.869. The highest BCUT2D eigenvalue weighted by atomic mass is 16.5. The van der Waals surface area contributed by atoms with Gasteiger partial charge in [0.05, 0.1) is 18.2 Å². The summed E-state index contributed by atoms with van der Waals surface area (Å²) in [5.41, 5.74) is 2.45. The first-order valence-electron chi connectivity index (χ1n) is 6.51. The molecule has 1 aliphatic heterocycles. The van der Waals surface area contributed by atoms with Crippen molar-refractivity contribution in [3.63, 3.8) is 0 Å². The largest absolute Gasteiger partial charge is 0.373 e. The van der Waals surface area contributed by atoms with Crippen molar-refractivity contribution in [1.82, 2.24) is 10.3 Å². The van der Waals surface area contributed by atoms with E-state index in [0.29, 0.717) is 6.10 Å². The molecule has 2 rings (SSSR count). The molecule has 3 heteroatoms. The van der Waals surface area contributed by atoms with Crippen LogP contribution < -0.4 is 5.32 Å². The second-order valence-corrected chi connectivity index (χ2v) is 4.89. The molecule has 3 unspecified atom stereocenters. The van der Waals surface area contributed by atoms with Crippen LogP contribution in [-0.2, 0) is 4.74 Å². The monoisotopic (exact) mass is 234 g/mol. The molecule has 0 spiro atoms. The van der Waals surface area contributed by atoms with Gasteiger partial charge in [0, 0.05) is 12.4 Å². The lowest BCUT2D eigenvalue weighted by atomic mass is 9.99. The van der Waals surface area contributed by atoms with E-state index in [1.807, 2.05) is 12.4 Å². The van der Waals surface area contributed by atoms with Crippen LogP contribution in [0.4, 0.5) is 0 Å². The van der Waals surface area contributed by atoms with Gasteiger partial charge in [-0.1, -0.05) is 13.0 Å². The molecule has 0 radical (unpaired) electrons. The number of pyridine rings is 1. The zero-order valence-electron chi connectivity index (χ0n) is 10.9. The summed E-state index contributed by atoms with van der Waals surface area (Å²) in [4.78, 5) is 4.28. The molecule has 0 aliphatic carbocycles. The Bertz CT molecular complexity index is 367. The summed E-state index contributed by atoms with van der Waals surface area (Å²) in [6.45, 7) is 7.32. The van der Waals surface area contributed by atoms with Gasteiger partial charge in [-0.2, -0.15) is 0 Å². The summed E-state index contributed by atoms with van der Waals surface area (Å²) in [6.07, 6.45) is 6.81. The van der Waals surface area contributed by atoms with Gasteiger partial charge in [0.25, 0.3) is 0 Å². The molecule has 1 aromatic rings. The molecule has 0 aromatic carbocycles. The second-order valence-electron chi connectivity index (χ2n) is 4.89. The van der Waals surface area contributed by atoms with Gasteiger partial charge in [-0.05, 0) is 44.4 Å². The highest BCUT2D eigenvalue weighted by molar-refractivity contribution is 5.21. The number of ether oxygens (including phenoxy) is 1. The molecule has 0 saturated carbocycles. The van der Waals surface area contributed by atoms with Crippen molar-refractivity contribution in [2.45, 2.75) is 51.9 Å². The van der Waals surface area contributed by atoms with Crippen molar-refractivity contribution in [3.05, 3.63) is 29.6 Å². The van der Waals surface area contributed by atoms with Gasteiger partial charge in [0.1, 0.15) is 0 Å². The zero-order chi connectivity index (χ0) is 12.3. The number of aryl methyl sites for hydroxylation is 1. The fraction of sp³-hybridized carbons (Fsp3) is 0.643. The van der Waals surface area contributed by atoms with Gasteiger partial charge in [-0.3, -0.25) is 4.98 Å². The third-order valence-electron chi connectivity index (χ3n) is 3.32.